The van der Waals surface area contributed by atoms with Crippen LogP contribution >= 0.6 is 0 Å². The summed E-state index contributed by atoms with van der Waals surface area (Å²) in [7, 11) is -1.23. The minimum absolute atomic E-state index is 0.158. The lowest BCUT2D eigenvalue weighted by Crippen LogP contribution is -1.85. The van der Waals surface area contributed by atoms with Gasteiger partial charge in [0.1, 0.15) is 10.8 Å². The Bertz CT molecular complexity index is 490. The summed E-state index contributed by atoms with van der Waals surface area (Å²) in [6, 6.07) is 7.71. The third-order valence-electron chi connectivity index (χ3n) is 1.95. The van der Waals surface area contributed by atoms with Crippen LogP contribution in [0.15, 0.2) is 33.9 Å². The molecular formula is C10H10N2O2S. The Kier molecular flexibility index (Phi) is 2.64. The molecule has 78 valence electrons. The zero-order valence-corrected chi connectivity index (χ0v) is 9.25. The molecule has 0 saturated carbocycles. The Labute approximate surface area is 89.8 Å². The molecule has 0 spiro atoms. The molecular weight excluding hydrogens is 212 g/mol. The molecule has 15 heavy (non-hydrogen) atoms. The van der Waals surface area contributed by atoms with E-state index in [-0.39, 0.29) is 5.22 Å². The quantitative estimate of drug-likeness (QED) is 0.777. The van der Waals surface area contributed by atoms with Crippen LogP contribution in [0.25, 0.3) is 11.5 Å². The molecule has 1 aromatic carbocycles. The maximum absolute atomic E-state index is 11.1. The van der Waals surface area contributed by atoms with Crippen LogP contribution in [0.4, 0.5) is 0 Å². The molecule has 0 aliphatic carbocycles. The third kappa shape index (κ3) is 2.12. The van der Waals surface area contributed by atoms with Crippen molar-refractivity contribution < 1.29 is 8.63 Å². The SMILES string of the molecule is Cc1ccc(-c2nnc(S(C)=O)o2)cc1. The lowest BCUT2D eigenvalue weighted by molar-refractivity contribution is 0.457. The first-order valence-corrected chi connectivity index (χ1v) is 5.96. The van der Waals surface area contributed by atoms with Crippen molar-refractivity contribution in [3.8, 4) is 11.5 Å². The lowest BCUT2D eigenvalue weighted by Gasteiger charge is -1.94. The first kappa shape index (κ1) is 10.0. The summed E-state index contributed by atoms with van der Waals surface area (Å²) in [5.41, 5.74) is 2.00. The molecule has 0 saturated heterocycles. The van der Waals surface area contributed by atoms with Gasteiger partial charge < -0.3 is 4.42 Å². The van der Waals surface area contributed by atoms with E-state index >= 15 is 0 Å². The highest BCUT2D eigenvalue weighted by atomic mass is 32.2. The molecule has 5 heteroatoms. The van der Waals surface area contributed by atoms with Crippen LogP contribution < -0.4 is 0 Å². The van der Waals surface area contributed by atoms with E-state index in [2.05, 4.69) is 10.2 Å². The van der Waals surface area contributed by atoms with Gasteiger partial charge in [0.2, 0.25) is 5.89 Å². The fraction of sp³-hybridized carbons (Fsp3) is 0.200. The van der Waals surface area contributed by atoms with Crippen molar-refractivity contribution >= 4 is 10.8 Å². The molecule has 0 bridgehead atoms. The third-order valence-corrected chi connectivity index (χ3v) is 2.61. The normalized spacial score (nSPS) is 12.7. The van der Waals surface area contributed by atoms with E-state index < -0.39 is 10.8 Å². The van der Waals surface area contributed by atoms with Crippen molar-refractivity contribution in [3.05, 3.63) is 29.8 Å². The van der Waals surface area contributed by atoms with Crippen LogP contribution in [0.3, 0.4) is 0 Å². The van der Waals surface area contributed by atoms with E-state index in [1.807, 2.05) is 31.2 Å². The Morgan fingerprint density at radius 2 is 1.87 bits per heavy atom. The fourth-order valence-electron chi connectivity index (χ4n) is 1.14. The average molecular weight is 222 g/mol. The molecule has 0 N–H and O–H groups in total. The van der Waals surface area contributed by atoms with E-state index in [1.54, 1.807) is 0 Å². The molecule has 1 heterocycles. The van der Waals surface area contributed by atoms with Gasteiger partial charge in [-0.2, -0.15) is 0 Å². The summed E-state index contributed by atoms with van der Waals surface area (Å²) < 4.78 is 16.3. The summed E-state index contributed by atoms with van der Waals surface area (Å²) in [6.07, 6.45) is 1.51. The molecule has 2 aromatic rings. The summed E-state index contributed by atoms with van der Waals surface area (Å²) in [4.78, 5) is 0. The van der Waals surface area contributed by atoms with Gasteiger partial charge in [-0.3, -0.25) is 0 Å². The average Bonchev–Trinajstić information content (AvgIpc) is 2.68. The number of aromatic nitrogens is 2. The Morgan fingerprint density at radius 3 is 2.40 bits per heavy atom. The van der Waals surface area contributed by atoms with Crippen LogP contribution in [0.2, 0.25) is 0 Å². The highest BCUT2D eigenvalue weighted by Crippen LogP contribution is 2.18. The number of benzene rings is 1. The number of hydrogen-bond acceptors (Lipinski definition) is 4. The highest BCUT2D eigenvalue weighted by molar-refractivity contribution is 7.84. The predicted molar refractivity (Wildman–Crippen MR) is 56.8 cm³/mol. The monoisotopic (exact) mass is 222 g/mol. The van der Waals surface area contributed by atoms with Crippen LogP contribution in [-0.2, 0) is 10.8 Å². The molecule has 1 unspecified atom stereocenters. The molecule has 1 aromatic heterocycles. The molecule has 4 nitrogen and oxygen atoms in total. The summed E-state index contributed by atoms with van der Waals surface area (Å²) in [6.45, 7) is 2.00. The summed E-state index contributed by atoms with van der Waals surface area (Å²) in [5, 5.41) is 7.68. The second-order valence-corrected chi connectivity index (χ2v) is 4.45. The smallest absolute Gasteiger partial charge is 0.307 e. The largest absolute Gasteiger partial charge is 0.410 e. The van der Waals surface area contributed by atoms with Gasteiger partial charge in [0.25, 0.3) is 0 Å². The van der Waals surface area contributed by atoms with E-state index in [0.29, 0.717) is 5.89 Å². The first-order chi connectivity index (χ1) is 7.16. The Hall–Kier alpha value is -1.49. The van der Waals surface area contributed by atoms with Gasteiger partial charge in [-0.25, -0.2) is 4.21 Å². The van der Waals surface area contributed by atoms with E-state index in [1.165, 1.54) is 6.26 Å². The molecule has 0 aliphatic rings. The van der Waals surface area contributed by atoms with Crippen LogP contribution in [0, 0.1) is 6.92 Å². The second kappa shape index (κ2) is 3.94. The van der Waals surface area contributed by atoms with Gasteiger partial charge in [-0.1, -0.05) is 22.8 Å². The van der Waals surface area contributed by atoms with Crippen LogP contribution in [0.5, 0.6) is 0 Å². The van der Waals surface area contributed by atoms with Crippen molar-refractivity contribution in [1.29, 1.82) is 0 Å². The lowest BCUT2D eigenvalue weighted by atomic mass is 10.1. The van der Waals surface area contributed by atoms with E-state index in [4.69, 9.17) is 4.42 Å². The fourth-order valence-corrected chi connectivity index (χ4v) is 1.49. The minimum atomic E-state index is -1.23. The first-order valence-electron chi connectivity index (χ1n) is 4.41. The van der Waals surface area contributed by atoms with Gasteiger partial charge in [-0.15, -0.1) is 5.10 Å². The highest BCUT2D eigenvalue weighted by Gasteiger charge is 2.10. The molecule has 0 aliphatic heterocycles. The molecule has 0 radical (unpaired) electrons. The van der Waals surface area contributed by atoms with Gasteiger partial charge in [-0.05, 0) is 19.1 Å². The van der Waals surface area contributed by atoms with Crippen LogP contribution in [0.1, 0.15) is 5.56 Å². The number of nitrogens with zero attached hydrogens (tertiary/aromatic N) is 2. The Morgan fingerprint density at radius 1 is 1.20 bits per heavy atom. The molecule has 0 fully saturated rings. The number of rotatable bonds is 2. The number of hydrogen-bond donors (Lipinski definition) is 0. The van der Waals surface area contributed by atoms with Gasteiger partial charge in [0.15, 0.2) is 0 Å². The molecule has 2 rings (SSSR count). The van der Waals surface area contributed by atoms with Crippen molar-refractivity contribution in [3.63, 3.8) is 0 Å². The molecule has 1 atom stereocenters. The minimum Gasteiger partial charge on any atom is -0.410 e. The standard InChI is InChI=1S/C10H10N2O2S/c1-7-3-5-8(6-4-7)9-11-12-10(14-9)15(2)13/h3-6H,1-2H3. The van der Waals surface area contributed by atoms with Crippen molar-refractivity contribution in [1.82, 2.24) is 10.2 Å². The zero-order chi connectivity index (χ0) is 10.8. The van der Waals surface area contributed by atoms with Crippen molar-refractivity contribution in [2.24, 2.45) is 0 Å². The Balaban J connectivity index is 2.37. The summed E-state index contributed by atoms with van der Waals surface area (Å²) >= 11 is 0. The van der Waals surface area contributed by atoms with Crippen molar-refractivity contribution in [2.75, 3.05) is 6.26 Å². The van der Waals surface area contributed by atoms with Gasteiger partial charge in [0.05, 0.1) is 0 Å². The zero-order valence-electron chi connectivity index (χ0n) is 8.43. The van der Waals surface area contributed by atoms with E-state index in [0.717, 1.165) is 11.1 Å². The van der Waals surface area contributed by atoms with E-state index in [9.17, 15) is 4.21 Å². The maximum Gasteiger partial charge on any atom is 0.307 e. The van der Waals surface area contributed by atoms with Gasteiger partial charge in [0, 0.05) is 11.8 Å². The second-order valence-electron chi connectivity index (χ2n) is 3.19. The molecule has 0 amide bonds. The maximum atomic E-state index is 11.1. The van der Waals surface area contributed by atoms with Crippen LogP contribution in [-0.4, -0.2) is 20.7 Å². The number of aryl methyl sites for hydroxylation is 1. The summed E-state index contributed by atoms with van der Waals surface area (Å²) in [5.74, 6) is 0.403. The van der Waals surface area contributed by atoms with Gasteiger partial charge >= 0.3 is 5.22 Å². The van der Waals surface area contributed by atoms with Crippen molar-refractivity contribution in [2.45, 2.75) is 12.1 Å². The topological polar surface area (TPSA) is 56.0 Å². The predicted octanol–water partition coefficient (Wildman–Crippen LogP) is 1.78.